The molecule has 1 aliphatic heterocycles. The van der Waals surface area contributed by atoms with E-state index in [9.17, 15) is 4.79 Å². The maximum atomic E-state index is 12.0. The number of likely N-dealkylation sites (N-methyl/N-ethyl adjacent to an activating group) is 1. The summed E-state index contributed by atoms with van der Waals surface area (Å²) in [6.07, 6.45) is 2.17. The fourth-order valence-corrected chi connectivity index (χ4v) is 3.45. The molecule has 30 heavy (non-hydrogen) atoms. The molecule has 0 spiro atoms. The highest BCUT2D eigenvalue weighted by Crippen LogP contribution is 2.15. The average Bonchev–Trinajstić information content (AvgIpc) is 2.79. The van der Waals surface area contributed by atoms with Gasteiger partial charge in [-0.25, -0.2) is 0 Å². The first-order valence-electron chi connectivity index (χ1n) is 10.6. The number of hydrogen-bond acceptors (Lipinski definition) is 5. The first-order chi connectivity index (χ1) is 14.7. The molecule has 0 atom stereocenters. The molecular formula is C24H32N2O4. The summed E-state index contributed by atoms with van der Waals surface area (Å²) in [5, 5.41) is 2.89. The number of carbonyl (C=O) groups excluding carboxylic acids is 1. The number of hydrogen-bond donors (Lipinski definition) is 1. The van der Waals surface area contributed by atoms with E-state index < -0.39 is 0 Å². The summed E-state index contributed by atoms with van der Waals surface area (Å²) < 4.78 is 16.8. The number of amides is 1. The zero-order valence-electron chi connectivity index (χ0n) is 17.7. The molecule has 0 aromatic heterocycles. The fraction of sp³-hybridized carbons (Fsp3) is 0.458. The molecule has 0 aliphatic carbocycles. The van der Waals surface area contributed by atoms with E-state index >= 15 is 0 Å². The lowest BCUT2D eigenvalue weighted by atomic mass is 10.1. The highest BCUT2D eigenvalue weighted by molar-refractivity contribution is 5.77. The first kappa shape index (κ1) is 22.3. The van der Waals surface area contributed by atoms with Gasteiger partial charge < -0.3 is 19.5 Å². The lowest BCUT2D eigenvalue weighted by Crippen LogP contribution is -2.38. The maximum absolute atomic E-state index is 12.0. The van der Waals surface area contributed by atoms with Gasteiger partial charge in [0.2, 0.25) is 5.91 Å². The van der Waals surface area contributed by atoms with E-state index in [0.717, 1.165) is 49.5 Å². The summed E-state index contributed by atoms with van der Waals surface area (Å²) in [4.78, 5) is 14.4. The predicted octanol–water partition coefficient (Wildman–Crippen LogP) is 3.01. The van der Waals surface area contributed by atoms with Gasteiger partial charge >= 0.3 is 0 Å². The predicted molar refractivity (Wildman–Crippen MR) is 116 cm³/mol. The van der Waals surface area contributed by atoms with Gasteiger partial charge in [-0.2, -0.15) is 0 Å². The van der Waals surface area contributed by atoms with E-state index in [2.05, 4.69) is 17.3 Å². The van der Waals surface area contributed by atoms with Crippen molar-refractivity contribution >= 4 is 5.91 Å². The van der Waals surface area contributed by atoms with Crippen molar-refractivity contribution in [1.29, 1.82) is 0 Å². The highest BCUT2D eigenvalue weighted by Gasteiger charge is 2.17. The Morgan fingerprint density at radius 1 is 1.10 bits per heavy atom. The van der Waals surface area contributed by atoms with Crippen molar-refractivity contribution in [2.24, 2.45) is 0 Å². The molecule has 2 aromatic rings. The van der Waals surface area contributed by atoms with E-state index in [1.54, 1.807) is 0 Å². The number of nitrogens with one attached hydrogen (secondary N) is 1. The van der Waals surface area contributed by atoms with Crippen LogP contribution in [0.3, 0.4) is 0 Å². The second-order valence-corrected chi connectivity index (χ2v) is 7.58. The summed E-state index contributed by atoms with van der Waals surface area (Å²) >= 11 is 0. The van der Waals surface area contributed by atoms with Gasteiger partial charge in [0.25, 0.3) is 0 Å². The van der Waals surface area contributed by atoms with Gasteiger partial charge in [-0.05, 0) is 43.1 Å². The standard InChI is InChI=1S/C24H32N2O4/c1-26(22-10-13-28-14-11-22)12-15-30-23-9-5-8-21(16-23)17-25-24(27)19-29-18-20-6-3-2-4-7-20/h2-9,16,22H,10-15,17-19H2,1H3,(H,25,27). The number of nitrogens with zero attached hydrogens (tertiary/aromatic N) is 1. The quantitative estimate of drug-likeness (QED) is 0.615. The normalized spacial score (nSPS) is 14.6. The third kappa shape index (κ3) is 7.78. The lowest BCUT2D eigenvalue weighted by molar-refractivity contribution is -0.126. The van der Waals surface area contributed by atoms with E-state index in [1.165, 1.54) is 0 Å². The third-order valence-electron chi connectivity index (χ3n) is 5.26. The molecule has 0 saturated carbocycles. The van der Waals surface area contributed by atoms with Gasteiger partial charge in [-0.15, -0.1) is 0 Å². The average molecular weight is 413 g/mol. The van der Waals surface area contributed by atoms with Gasteiger partial charge in [-0.1, -0.05) is 42.5 Å². The van der Waals surface area contributed by atoms with Gasteiger partial charge in [0.15, 0.2) is 0 Å². The Kier molecular flexibility index (Phi) is 9.15. The van der Waals surface area contributed by atoms with Crippen molar-refractivity contribution < 1.29 is 19.0 Å². The molecule has 162 valence electrons. The third-order valence-corrected chi connectivity index (χ3v) is 5.26. The Hall–Kier alpha value is -2.41. The zero-order chi connectivity index (χ0) is 21.0. The molecule has 1 amide bonds. The van der Waals surface area contributed by atoms with Gasteiger partial charge in [0, 0.05) is 32.3 Å². The molecule has 1 N–H and O–H groups in total. The minimum atomic E-state index is -0.129. The fourth-order valence-electron chi connectivity index (χ4n) is 3.45. The number of rotatable bonds is 11. The molecule has 1 saturated heterocycles. The smallest absolute Gasteiger partial charge is 0.246 e. The lowest BCUT2D eigenvalue weighted by Gasteiger charge is -2.31. The Bertz CT molecular complexity index is 763. The summed E-state index contributed by atoms with van der Waals surface area (Å²) in [5.74, 6) is 0.692. The number of benzene rings is 2. The van der Waals surface area contributed by atoms with Gasteiger partial charge in [-0.3, -0.25) is 9.69 Å². The largest absolute Gasteiger partial charge is 0.492 e. The van der Waals surface area contributed by atoms with Crippen LogP contribution in [0.5, 0.6) is 5.75 Å². The van der Waals surface area contributed by atoms with Crippen LogP contribution in [0.1, 0.15) is 24.0 Å². The van der Waals surface area contributed by atoms with Crippen molar-refractivity contribution in [2.75, 3.05) is 40.0 Å². The molecule has 0 unspecified atom stereocenters. The van der Waals surface area contributed by atoms with Crippen LogP contribution in [0.25, 0.3) is 0 Å². The van der Waals surface area contributed by atoms with Crippen molar-refractivity contribution in [3.05, 3.63) is 65.7 Å². The van der Waals surface area contributed by atoms with Crippen LogP contribution in [0.15, 0.2) is 54.6 Å². The second-order valence-electron chi connectivity index (χ2n) is 7.58. The molecule has 6 heteroatoms. The van der Waals surface area contributed by atoms with Crippen molar-refractivity contribution in [1.82, 2.24) is 10.2 Å². The Morgan fingerprint density at radius 2 is 1.87 bits per heavy atom. The molecule has 6 nitrogen and oxygen atoms in total. The molecular weight excluding hydrogens is 380 g/mol. The van der Waals surface area contributed by atoms with E-state index in [-0.39, 0.29) is 12.5 Å². The van der Waals surface area contributed by atoms with Gasteiger partial charge in [0.05, 0.1) is 6.61 Å². The second kappa shape index (κ2) is 12.3. The highest BCUT2D eigenvalue weighted by atomic mass is 16.5. The number of ether oxygens (including phenoxy) is 3. The Morgan fingerprint density at radius 3 is 2.67 bits per heavy atom. The van der Waals surface area contributed by atoms with E-state index in [1.807, 2.05) is 54.6 Å². The van der Waals surface area contributed by atoms with Crippen LogP contribution in [0, 0.1) is 0 Å². The molecule has 0 radical (unpaired) electrons. The molecule has 2 aromatic carbocycles. The van der Waals surface area contributed by atoms with Crippen molar-refractivity contribution in [3.8, 4) is 5.75 Å². The molecule has 0 bridgehead atoms. The Balaban J connectivity index is 1.33. The zero-order valence-corrected chi connectivity index (χ0v) is 17.7. The first-order valence-corrected chi connectivity index (χ1v) is 10.6. The van der Waals surface area contributed by atoms with Crippen LogP contribution < -0.4 is 10.1 Å². The monoisotopic (exact) mass is 412 g/mol. The maximum Gasteiger partial charge on any atom is 0.246 e. The minimum Gasteiger partial charge on any atom is -0.492 e. The van der Waals surface area contributed by atoms with Crippen LogP contribution in [-0.2, 0) is 27.4 Å². The summed E-state index contributed by atoms with van der Waals surface area (Å²) in [6, 6.07) is 18.2. The summed E-state index contributed by atoms with van der Waals surface area (Å²) in [6.45, 7) is 4.14. The van der Waals surface area contributed by atoms with Crippen molar-refractivity contribution in [2.45, 2.75) is 32.0 Å². The molecule has 3 rings (SSSR count). The SMILES string of the molecule is CN(CCOc1cccc(CNC(=O)COCc2ccccc2)c1)C1CCOCC1. The van der Waals surface area contributed by atoms with E-state index in [4.69, 9.17) is 14.2 Å². The van der Waals surface area contributed by atoms with Crippen molar-refractivity contribution in [3.63, 3.8) is 0 Å². The molecule has 1 heterocycles. The topological polar surface area (TPSA) is 60.0 Å². The van der Waals surface area contributed by atoms with E-state index in [0.29, 0.717) is 25.8 Å². The van der Waals surface area contributed by atoms with Crippen LogP contribution in [0.4, 0.5) is 0 Å². The van der Waals surface area contributed by atoms with Crippen LogP contribution >= 0.6 is 0 Å². The summed E-state index contributed by atoms with van der Waals surface area (Å²) in [5.41, 5.74) is 2.05. The van der Waals surface area contributed by atoms with Gasteiger partial charge in [0.1, 0.15) is 19.0 Å². The molecule has 1 aliphatic rings. The van der Waals surface area contributed by atoms with Crippen LogP contribution in [0.2, 0.25) is 0 Å². The summed E-state index contributed by atoms with van der Waals surface area (Å²) in [7, 11) is 2.14. The van der Waals surface area contributed by atoms with Crippen LogP contribution in [-0.4, -0.2) is 56.9 Å². The number of carbonyl (C=O) groups is 1. The Labute approximate surface area is 179 Å². The molecule has 1 fully saturated rings. The minimum absolute atomic E-state index is 0.0453.